The van der Waals surface area contributed by atoms with E-state index in [2.05, 4.69) is 27.7 Å². The lowest BCUT2D eigenvalue weighted by Gasteiger charge is -2.05. The van der Waals surface area contributed by atoms with Gasteiger partial charge in [0, 0.05) is 0 Å². The fraction of sp³-hybridized carbons (Fsp3) is 1.00. The summed E-state index contributed by atoms with van der Waals surface area (Å²) in [6.07, 6.45) is 0. The van der Waals surface area contributed by atoms with Gasteiger partial charge in [0.05, 0.1) is 0 Å². The maximum Gasteiger partial charge on any atom is 0.335 e. The van der Waals surface area contributed by atoms with Gasteiger partial charge in [-0.1, -0.05) is 35.1 Å². The van der Waals surface area contributed by atoms with Crippen LogP contribution in [0.4, 0.5) is 0 Å². The van der Waals surface area contributed by atoms with Crippen molar-refractivity contribution in [3.8, 4) is 0 Å². The summed E-state index contributed by atoms with van der Waals surface area (Å²) in [6, 6.07) is 0. The lowest BCUT2D eigenvalue weighted by Crippen LogP contribution is -1.93. The lowest BCUT2D eigenvalue weighted by atomic mass is 10.0. The summed E-state index contributed by atoms with van der Waals surface area (Å²) in [5.41, 5.74) is 0.500. The van der Waals surface area contributed by atoms with Crippen molar-refractivity contribution in [1.29, 1.82) is 0 Å². The van der Waals surface area contributed by atoms with E-state index in [9.17, 15) is 0 Å². The van der Waals surface area contributed by atoms with E-state index in [1.165, 1.54) is 0 Å². The summed E-state index contributed by atoms with van der Waals surface area (Å²) in [6.45, 7) is 8.75. The molecule has 0 unspecified atom stereocenters. The molecule has 0 aromatic carbocycles. The van der Waals surface area contributed by atoms with Crippen LogP contribution in [0.15, 0.2) is 0 Å². The van der Waals surface area contributed by atoms with Crippen LogP contribution in [-0.2, 0) is 11.6 Å². The van der Waals surface area contributed by atoms with E-state index in [0.29, 0.717) is 5.41 Å². The molecule has 3 heteroatoms. The molecular formula is C6H16O2S. The molecule has 0 saturated heterocycles. The van der Waals surface area contributed by atoms with Crippen molar-refractivity contribution >= 4 is 11.6 Å². The van der Waals surface area contributed by atoms with Gasteiger partial charge < -0.3 is 0 Å². The normalized spacial score (nSPS) is 8.00. The Balaban J connectivity index is -0.0000000800. The zero-order chi connectivity index (χ0) is 7.21. The summed E-state index contributed by atoms with van der Waals surface area (Å²) in [4.78, 5) is 0. The van der Waals surface area contributed by atoms with Gasteiger partial charge >= 0.3 is 11.6 Å². The SMILES string of the molecule is C.CC(C)(C)C.O=S=O. The van der Waals surface area contributed by atoms with E-state index in [4.69, 9.17) is 8.42 Å². The van der Waals surface area contributed by atoms with Gasteiger partial charge in [0.2, 0.25) is 0 Å². The largest absolute Gasteiger partial charge is 0.335 e. The summed E-state index contributed by atoms with van der Waals surface area (Å²) in [5.74, 6) is 0. The molecule has 0 radical (unpaired) electrons. The Hall–Kier alpha value is -0.180. The molecule has 0 aromatic rings. The van der Waals surface area contributed by atoms with Gasteiger partial charge in [-0.25, -0.2) is 0 Å². The van der Waals surface area contributed by atoms with Crippen LogP contribution in [0, 0.1) is 5.41 Å². The Morgan fingerprint density at radius 3 is 1.00 bits per heavy atom. The first-order valence-electron chi connectivity index (χ1n) is 2.33. The zero-order valence-electron chi connectivity index (χ0n) is 5.72. The quantitative estimate of drug-likeness (QED) is 0.532. The van der Waals surface area contributed by atoms with E-state index in [0.717, 1.165) is 0 Å². The van der Waals surface area contributed by atoms with Crippen LogP contribution in [-0.4, -0.2) is 8.42 Å². The lowest BCUT2D eigenvalue weighted by molar-refractivity contribution is 0.469. The third kappa shape index (κ3) is 8180. The van der Waals surface area contributed by atoms with Crippen LogP contribution in [0.3, 0.4) is 0 Å². The Kier molecular flexibility index (Phi) is 13.8. The van der Waals surface area contributed by atoms with Crippen LogP contribution >= 0.6 is 0 Å². The average molecular weight is 152 g/mol. The molecule has 0 rings (SSSR count). The van der Waals surface area contributed by atoms with Crippen molar-refractivity contribution in [2.75, 3.05) is 0 Å². The molecule has 0 heterocycles. The van der Waals surface area contributed by atoms with Gasteiger partial charge in [0.25, 0.3) is 0 Å². The number of rotatable bonds is 0. The number of hydrogen-bond donors (Lipinski definition) is 0. The van der Waals surface area contributed by atoms with E-state index in [1.807, 2.05) is 0 Å². The van der Waals surface area contributed by atoms with Crippen LogP contribution in [0.1, 0.15) is 35.1 Å². The fourth-order valence-electron chi connectivity index (χ4n) is 0. The molecule has 0 saturated carbocycles. The molecule has 9 heavy (non-hydrogen) atoms. The fourth-order valence-corrected chi connectivity index (χ4v) is 0. The highest BCUT2D eigenvalue weighted by molar-refractivity contribution is 7.51. The molecule has 2 nitrogen and oxygen atoms in total. The second-order valence-electron chi connectivity index (χ2n) is 3.07. The zero-order valence-corrected chi connectivity index (χ0v) is 6.54. The summed E-state index contributed by atoms with van der Waals surface area (Å²) in [5, 5.41) is 0. The molecule has 58 valence electrons. The van der Waals surface area contributed by atoms with Crippen molar-refractivity contribution in [1.82, 2.24) is 0 Å². The Morgan fingerprint density at radius 2 is 1.00 bits per heavy atom. The third-order valence-corrected chi connectivity index (χ3v) is 0. The van der Waals surface area contributed by atoms with Crippen LogP contribution in [0.5, 0.6) is 0 Å². The van der Waals surface area contributed by atoms with Crippen LogP contribution in [0.25, 0.3) is 0 Å². The molecule has 0 aliphatic heterocycles. The predicted molar refractivity (Wildman–Crippen MR) is 40.8 cm³/mol. The minimum atomic E-state index is -0.750. The molecule has 0 aliphatic rings. The average Bonchev–Trinajstić information content (AvgIpc) is 1.27. The topological polar surface area (TPSA) is 34.1 Å². The highest BCUT2D eigenvalue weighted by Crippen LogP contribution is 2.07. The summed E-state index contributed by atoms with van der Waals surface area (Å²) in [7, 11) is 0. The second-order valence-corrected chi connectivity index (χ2v) is 3.20. The summed E-state index contributed by atoms with van der Waals surface area (Å²) < 4.78 is 16.6. The van der Waals surface area contributed by atoms with Crippen LogP contribution in [0.2, 0.25) is 0 Å². The van der Waals surface area contributed by atoms with Crippen LogP contribution < -0.4 is 0 Å². The summed E-state index contributed by atoms with van der Waals surface area (Å²) >= 11 is -0.750. The van der Waals surface area contributed by atoms with Gasteiger partial charge in [-0.15, -0.1) is 0 Å². The molecule has 0 N–H and O–H groups in total. The van der Waals surface area contributed by atoms with Crippen molar-refractivity contribution in [3.05, 3.63) is 0 Å². The third-order valence-electron chi connectivity index (χ3n) is 0. The van der Waals surface area contributed by atoms with E-state index in [-0.39, 0.29) is 7.43 Å². The van der Waals surface area contributed by atoms with Gasteiger partial charge in [0.15, 0.2) is 0 Å². The maximum absolute atomic E-state index is 8.29. The highest BCUT2D eigenvalue weighted by atomic mass is 32.1. The maximum atomic E-state index is 8.29. The predicted octanol–water partition coefficient (Wildman–Crippen LogP) is 2.02. The minimum absolute atomic E-state index is 0. The Morgan fingerprint density at radius 1 is 1.00 bits per heavy atom. The van der Waals surface area contributed by atoms with E-state index < -0.39 is 11.6 Å². The molecule has 0 fully saturated rings. The van der Waals surface area contributed by atoms with Gasteiger partial charge in [-0.05, 0) is 5.41 Å². The standard InChI is InChI=1S/C5H12.CH4.O2S/c1-5(2,3)4;;1-3-2/h1-4H3;1H4;. The van der Waals surface area contributed by atoms with Gasteiger partial charge in [-0.2, -0.15) is 8.42 Å². The first kappa shape index (κ1) is 15.9. The molecular weight excluding hydrogens is 136 g/mol. The van der Waals surface area contributed by atoms with E-state index >= 15 is 0 Å². The first-order valence-corrected chi connectivity index (χ1v) is 3.00. The highest BCUT2D eigenvalue weighted by Gasteiger charge is 1.95. The molecule has 0 aliphatic carbocycles. The smallest absolute Gasteiger partial charge is 0.168 e. The number of hydrogen-bond acceptors (Lipinski definition) is 2. The Bertz CT molecular complexity index is 71.5. The van der Waals surface area contributed by atoms with Crippen molar-refractivity contribution in [2.45, 2.75) is 35.1 Å². The first-order chi connectivity index (χ1) is 3.41. The molecule has 0 aromatic heterocycles. The molecule has 0 spiro atoms. The molecule has 0 amide bonds. The van der Waals surface area contributed by atoms with E-state index in [1.54, 1.807) is 0 Å². The molecule has 0 bridgehead atoms. The molecule has 0 atom stereocenters. The second kappa shape index (κ2) is 7.82. The van der Waals surface area contributed by atoms with Crippen molar-refractivity contribution in [2.24, 2.45) is 5.41 Å². The van der Waals surface area contributed by atoms with Crippen molar-refractivity contribution in [3.63, 3.8) is 0 Å². The minimum Gasteiger partial charge on any atom is -0.168 e. The van der Waals surface area contributed by atoms with Gasteiger partial charge in [-0.3, -0.25) is 0 Å². The monoisotopic (exact) mass is 152 g/mol. The Labute approximate surface area is 61.3 Å². The van der Waals surface area contributed by atoms with Crippen molar-refractivity contribution < 1.29 is 8.42 Å². The van der Waals surface area contributed by atoms with Gasteiger partial charge in [0.1, 0.15) is 0 Å².